The van der Waals surface area contributed by atoms with Crippen molar-refractivity contribution in [2.24, 2.45) is 0 Å². The lowest BCUT2D eigenvalue weighted by molar-refractivity contribution is -0.387. The molecule has 9 heteroatoms. The zero-order chi connectivity index (χ0) is 14.8. The average molecular weight is 313 g/mol. The van der Waals surface area contributed by atoms with Gasteiger partial charge in [0.2, 0.25) is 10.0 Å². The van der Waals surface area contributed by atoms with E-state index in [1.165, 1.54) is 29.5 Å². The minimum absolute atomic E-state index is 0.0554. The Morgan fingerprint density at radius 1 is 1.40 bits per heavy atom. The van der Waals surface area contributed by atoms with Crippen molar-refractivity contribution in [3.63, 3.8) is 0 Å². The number of nitro benzene ring substituents is 1. The predicted octanol–water partition coefficient (Wildman–Crippen LogP) is 1.84. The van der Waals surface area contributed by atoms with Crippen LogP contribution in [-0.4, -0.2) is 18.3 Å². The molecule has 0 aliphatic carbocycles. The summed E-state index contributed by atoms with van der Waals surface area (Å²) in [5, 5.41) is 11.7. The number of aryl methyl sites for hydroxylation is 1. The van der Waals surface area contributed by atoms with Crippen LogP contribution in [0.5, 0.6) is 0 Å². The van der Waals surface area contributed by atoms with Crippen molar-refractivity contribution in [3.8, 4) is 0 Å². The Bertz CT molecular complexity index is 740. The lowest BCUT2D eigenvalue weighted by atomic mass is 10.3. The maximum atomic E-state index is 12.1. The molecule has 20 heavy (non-hydrogen) atoms. The SMILES string of the molecule is Cc1ncc(CNS(=O)(=O)c2ccccc2[N+](=O)[O-])s1. The third-order valence-corrected chi connectivity index (χ3v) is 4.82. The number of nitrogens with one attached hydrogen (secondary N) is 1. The number of para-hydroxylation sites is 1. The van der Waals surface area contributed by atoms with E-state index in [2.05, 4.69) is 9.71 Å². The fourth-order valence-electron chi connectivity index (χ4n) is 1.57. The van der Waals surface area contributed by atoms with Crippen molar-refractivity contribution >= 4 is 27.0 Å². The summed E-state index contributed by atoms with van der Waals surface area (Å²) in [6.07, 6.45) is 1.57. The van der Waals surface area contributed by atoms with Crippen LogP contribution in [0.2, 0.25) is 0 Å². The van der Waals surface area contributed by atoms with Crippen LogP contribution < -0.4 is 4.72 Å². The van der Waals surface area contributed by atoms with Crippen LogP contribution in [-0.2, 0) is 16.6 Å². The maximum absolute atomic E-state index is 12.1. The highest BCUT2D eigenvalue weighted by Crippen LogP contribution is 2.23. The number of benzene rings is 1. The standard InChI is InChI=1S/C11H11N3O4S2/c1-8-12-6-9(19-8)7-13-20(17,18)11-5-3-2-4-10(11)14(15)16/h2-6,13H,7H2,1H3. The second-order valence-corrected chi connectivity index (χ2v) is 6.95. The van der Waals surface area contributed by atoms with Gasteiger partial charge in [0.25, 0.3) is 5.69 Å². The number of nitrogens with zero attached hydrogens (tertiary/aromatic N) is 2. The summed E-state index contributed by atoms with van der Waals surface area (Å²) in [6.45, 7) is 1.87. The summed E-state index contributed by atoms with van der Waals surface area (Å²) in [7, 11) is -3.94. The first-order valence-electron chi connectivity index (χ1n) is 5.54. The van der Waals surface area contributed by atoms with Crippen LogP contribution in [0.3, 0.4) is 0 Å². The molecule has 0 amide bonds. The summed E-state index contributed by atoms with van der Waals surface area (Å²) in [4.78, 5) is 14.5. The molecule has 1 heterocycles. The van der Waals surface area contributed by atoms with Gasteiger partial charge in [0, 0.05) is 23.7 Å². The molecular formula is C11H11N3O4S2. The van der Waals surface area contributed by atoms with Crippen molar-refractivity contribution < 1.29 is 13.3 Å². The highest BCUT2D eigenvalue weighted by Gasteiger charge is 2.24. The minimum Gasteiger partial charge on any atom is -0.258 e. The fourth-order valence-corrected chi connectivity index (χ4v) is 3.57. The monoisotopic (exact) mass is 313 g/mol. The van der Waals surface area contributed by atoms with Crippen molar-refractivity contribution in [3.05, 3.63) is 50.5 Å². The number of hydrogen-bond donors (Lipinski definition) is 1. The minimum atomic E-state index is -3.94. The number of nitro groups is 1. The van der Waals surface area contributed by atoms with Crippen LogP contribution in [0.4, 0.5) is 5.69 Å². The van der Waals surface area contributed by atoms with Gasteiger partial charge < -0.3 is 0 Å². The van der Waals surface area contributed by atoms with E-state index in [0.29, 0.717) is 0 Å². The van der Waals surface area contributed by atoms with Crippen LogP contribution in [0.15, 0.2) is 35.4 Å². The first-order chi connectivity index (χ1) is 9.40. The number of hydrogen-bond acceptors (Lipinski definition) is 6. The molecule has 0 aliphatic heterocycles. The van der Waals surface area contributed by atoms with Crippen molar-refractivity contribution in [1.82, 2.24) is 9.71 Å². The Morgan fingerprint density at radius 3 is 2.70 bits per heavy atom. The normalized spacial score (nSPS) is 11.4. The lowest BCUT2D eigenvalue weighted by Crippen LogP contribution is -2.23. The second-order valence-electron chi connectivity index (χ2n) is 3.89. The largest absolute Gasteiger partial charge is 0.289 e. The zero-order valence-corrected chi connectivity index (χ0v) is 12.1. The van der Waals surface area contributed by atoms with Crippen molar-refractivity contribution in [2.45, 2.75) is 18.4 Å². The molecule has 1 aromatic heterocycles. The van der Waals surface area contributed by atoms with Gasteiger partial charge in [-0.2, -0.15) is 0 Å². The Hall–Kier alpha value is -1.84. The number of sulfonamides is 1. The maximum Gasteiger partial charge on any atom is 0.289 e. The molecule has 0 saturated carbocycles. The highest BCUT2D eigenvalue weighted by molar-refractivity contribution is 7.89. The third kappa shape index (κ3) is 3.18. The Labute approximate surface area is 119 Å². The predicted molar refractivity (Wildman–Crippen MR) is 74.0 cm³/mol. The topological polar surface area (TPSA) is 102 Å². The zero-order valence-electron chi connectivity index (χ0n) is 10.4. The molecule has 0 fully saturated rings. The first-order valence-corrected chi connectivity index (χ1v) is 7.84. The molecule has 0 spiro atoms. The average Bonchev–Trinajstić information content (AvgIpc) is 2.82. The van der Waals surface area contributed by atoms with Crippen LogP contribution >= 0.6 is 11.3 Å². The Balaban J connectivity index is 2.25. The molecule has 0 unspecified atom stereocenters. The van der Waals surface area contributed by atoms with E-state index in [4.69, 9.17) is 0 Å². The van der Waals surface area contributed by atoms with E-state index in [-0.39, 0.29) is 11.4 Å². The molecule has 2 rings (SSSR count). The van der Waals surface area contributed by atoms with Gasteiger partial charge in [-0.1, -0.05) is 12.1 Å². The molecule has 0 aliphatic rings. The molecule has 0 saturated heterocycles. The summed E-state index contributed by atoms with van der Waals surface area (Å²) < 4.78 is 26.6. The van der Waals surface area contributed by atoms with E-state index in [1.807, 2.05) is 6.92 Å². The van der Waals surface area contributed by atoms with Crippen LogP contribution in [0.1, 0.15) is 9.88 Å². The Morgan fingerprint density at radius 2 is 2.10 bits per heavy atom. The summed E-state index contributed by atoms with van der Waals surface area (Å²) in [5.74, 6) is 0. The molecular weight excluding hydrogens is 302 g/mol. The third-order valence-electron chi connectivity index (χ3n) is 2.46. The quantitative estimate of drug-likeness (QED) is 0.670. The molecule has 0 atom stereocenters. The van der Waals surface area contributed by atoms with Gasteiger partial charge in [0.15, 0.2) is 4.90 Å². The van der Waals surface area contributed by atoms with Crippen LogP contribution in [0, 0.1) is 17.0 Å². The Kier molecular flexibility index (Phi) is 4.12. The summed E-state index contributed by atoms with van der Waals surface area (Å²) in [5.41, 5.74) is -0.444. The van der Waals surface area contributed by atoms with Crippen molar-refractivity contribution in [1.29, 1.82) is 0 Å². The molecule has 1 N–H and O–H groups in total. The van der Waals surface area contributed by atoms with Gasteiger partial charge in [-0.25, -0.2) is 18.1 Å². The summed E-state index contributed by atoms with van der Waals surface area (Å²) in [6, 6.07) is 5.23. The summed E-state index contributed by atoms with van der Waals surface area (Å²) >= 11 is 1.36. The molecule has 0 bridgehead atoms. The van der Waals surface area contributed by atoms with E-state index in [1.54, 1.807) is 6.20 Å². The lowest BCUT2D eigenvalue weighted by Gasteiger charge is -2.05. The first kappa shape index (κ1) is 14.6. The fraction of sp³-hybridized carbons (Fsp3) is 0.182. The number of thiazole rings is 1. The van der Waals surface area contributed by atoms with Gasteiger partial charge in [0.05, 0.1) is 9.93 Å². The van der Waals surface area contributed by atoms with E-state index in [0.717, 1.165) is 16.0 Å². The van der Waals surface area contributed by atoms with Gasteiger partial charge in [-0.05, 0) is 13.0 Å². The smallest absolute Gasteiger partial charge is 0.258 e. The van der Waals surface area contributed by atoms with E-state index < -0.39 is 20.6 Å². The van der Waals surface area contributed by atoms with Gasteiger partial charge in [0.1, 0.15) is 0 Å². The van der Waals surface area contributed by atoms with Crippen LogP contribution in [0.25, 0.3) is 0 Å². The van der Waals surface area contributed by atoms with E-state index >= 15 is 0 Å². The van der Waals surface area contributed by atoms with E-state index in [9.17, 15) is 18.5 Å². The second kappa shape index (κ2) is 5.65. The number of rotatable bonds is 5. The molecule has 106 valence electrons. The molecule has 0 radical (unpaired) electrons. The molecule has 7 nitrogen and oxygen atoms in total. The van der Waals surface area contributed by atoms with Gasteiger partial charge in [-0.3, -0.25) is 10.1 Å². The molecule has 1 aromatic carbocycles. The van der Waals surface area contributed by atoms with Gasteiger partial charge in [-0.15, -0.1) is 11.3 Å². The highest BCUT2D eigenvalue weighted by atomic mass is 32.2. The van der Waals surface area contributed by atoms with Crippen molar-refractivity contribution in [2.75, 3.05) is 0 Å². The number of aromatic nitrogens is 1. The molecule has 2 aromatic rings. The van der Waals surface area contributed by atoms with Gasteiger partial charge >= 0.3 is 0 Å².